The molecule has 0 aromatic heterocycles. The van der Waals surface area contributed by atoms with Crippen LogP contribution in [0.1, 0.15) is 0 Å². The summed E-state index contributed by atoms with van der Waals surface area (Å²) in [5.41, 5.74) is 0.199. The summed E-state index contributed by atoms with van der Waals surface area (Å²) < 4.78 is 66.4. The molecule has 0 saturated carbocycles. The highest BCUT2D eigenvalue weighted by molar-refractivity contribution is 7.93. The first-order chi connectivity index (χ1) is 14.7. The first-order valence-electron chi connectivity index (χ1n) is 8.78. The molecule has 0 heterocycles. The van der Waals surface area contributed by atoms with Gasteiger partial charge in [0.05, 0.1) is 35.4 Å². The minimum Gasteiger partial charge on any atom is -0.495 e. The van der Waals surface area contributed by atoms with Crippen LogP contribution in [0.15, 0.2) is 76.5 Å². The van der Waals surface area contributed by atoms with Crippen molar-refractivity contribution < 1.29 is 26.3 Å². The van der Waals surface area contributed by atoms with Crippen LogP contribution in [0.3, 0.4) is 0 Å². The van der Waals surface area contributed by atoms with Crippen LogP contribution in [0.25, 0.3) is 0 Å². The minimum absolute atomic E-state index is 0.0413. The van der Waals surface area contributed by atoms with E-state index < -0.39 is 20.0 Å². The van der Waals surface area contributed by atoms with Crippen molar-refractivity contribution in [1.82, 2.24) is 0 Å². The van der Waals surface area contributed by atoms with E-state index in [1.807, 2.05) is 0 Å². The fourth-order valence-corrected chi connectivity index (χ4v) is 4.97. The highest BCUT2D eigenvalue weighted by atomic mass is 35.5. The third-order valence-electron chi connectivity index (χ3n) is 4.20. The number of para-hydroxylation sites is 2. The highest BCUT2D eigenvalue weighted by Crippen LogP contribution is 2.32. The van der Waals surface area contributed by atoms with E-state index in [1.165, 1.54) is 56.7 Å². The quantitative estimate of drug-likeness (QED) is 0.502. The Bertz CT molecular complexity index is 1290. The van der Waals surface area contributed by atoms with Crippen LogP contribution in [0.4, 0.5) is 11.4 Å². The van der Waals surface area contributed by atoms with Gasteiger partial charge in [-0.15, -0.1) is 0 Å². The standard InChI is InChI=1S/C20H19ClN2O6S2/c1-28-19-6-4-3-5-17(19)22-31(26,27)16-11-12-20(29-2)18(13-16)23-30(24,25)15-9-7-14(21)8-10-15/h3-13,22-23H,1-2H3. The highest BCUT2D eigenvalue weighted by Gasteiger charge is 2.21. The zero-order chi connectivity index (χ0) is 22.6. The van der Waals surface area contributed by atoms with Crippen LogP contribution in [0.2, 0.25) is 5.02 Å². The smallest absolute Gasteiger partial charge is 0.262 e. The third-order valence-corrected chi connectivity index (χ3v) is 7.20. The molecule has 0 bridgehead atoms. The first-order valence-corrected chi connectivity index (χ1v) is 12.1. The molecule has 8 nitrogen and oxygen atoms in total. The number of nitrogens with one attached hydrogen (secondary N) is 2. The monoisotopic (exact) mass is 482 g/mol. The maximum absolute atomic E-state index is 12.9. The SMILES string of the molecule is COc1ccccc1NS(=O)(=O)c1ccc(OC)c(NS(=O)(=O)c2ccc(Cl)cc2)c1. The van der Waals surface area contributed by atoms with Crippen molar-refractivity contribution in [3.05, 3.63) is 71.8 Å². The molecule has 0 amide bonds. The van der Waals surface area contributed by atoms with Gasteiger partial charge in [0.15, 0.2) is 0 Å². The summed E-state index contributed by atoms with van der Waals surface area (Å²) in [5.74, 6) is 0.483. The average Bonchev–Trinajstić information content (AvgIpc) is 2.74. The van der Waals surface area contributed by atoms with Crippen molar-refractivity contribution in [2.24, 2.45) is 0 Å². The number of ether oxygens (including phenoxy) is 2. The first kappa shape index (κ1) is 22.7. The molecule has 3 aromatic rings. The number of rotatable bonds is 8. The van der Waals surface area contributed by atoms with Crippen molar-refractivity contribution in [3.63, 3.8) is 0 Å². The Morgan fingerprint density at radius 2 is 1.19 bits per heavy atom. The Morgan fingerprint density at radius 1 is 0.677 bits per heavy atom. The summed E-state index contributed by atoms with van der Waals surface area (Å²) in [4.78, 5) is -0.215. The van der Waals surface area contributed by atoms with Crippen LogP contribution in [-0.2, 0) is 20.0 Å². The molecule has 11 heteroatoms. The van der Waals surface area contributed by atoms with E-state index in [9.17, 15) is 16.8 Å². The van der Waals surface area contributed by atoms with Crippen molar-refractivity contribution >= 4 is 43.0 Å². The van der Waals surface area contributed by atoms with Crippen LogP contribution in [-0.4, -0.2) is 31.1 Å². The summed E-state index contributed by atoms with van der Waals surface area (Å²) in [7, 11) is -5.31. The lowest BCUT2D eigenvalue weighted by molar-refractivity contribution is 0.416. The second-order valence-corrected chi connectivity index (χ2v) is 10.0. The summed E-state index contributed by atoms with van der Waals surface area (Å²) in [6.45, 7) is 0. The van der Waals surface area contributed by atoms with E-state index in [0.717, 1.165) is 0 Å². The largest absolute Gasteiger partial charge is 0.495 e. The van der Waals surface area contributed by atoms with Gasteiger partial charge in [-0.1, -0.05) is 23.7 Å². The molecule has 0 radical (unpaired) electrons. The topological polar surface area (TPSA) is 111 Å². The molecule has 31 heavy (non-hydrogen) atoms. The average molecular weight is 483 g/mol. The number of methoxy groups -OCH3 is 2. The predicted octanol–water partition coefficient (Wildman–Crippen LogP) is 3.96. The molecule has 0 aliphatic heterocycles. The van der Waals surface area contributed by atoms with Gasteiger partial charge < -0.3 is 9.47 Å². The van der Waals surface area contributed by atoms with E-state index in [4.69, 9.17) is 21.1 Å². The number of benzene rings is 3. The van der Waals surface area contributed by atoms with E-state index in [0.29, 0.717) is 10.8 Å². The number of halogens is 1. The molecule has 0 saturated heterocycles. The summed E-state index contributed by atoms with van der Waals surface area (Å²) in [5, 5.41) is 0.382. The molecule has 0 aliphatic rings. The van der Waals surface area contributed by atoms with Crippen LogP contribution < -0.4 is 18.9 Å². The van der Waals surface area contributed by atoms with Gasteiger partial charge in [0, 0.05) is 5.02 Å². The van der Waals surface area contributed by atoms with Crippen molar-refractivity contribution in [3.8, 4) is 11.5 Å². The molecule has 3 rings (SSSR count). The summed E-state index contributed by atoms with van der Waals surface area (Å²) in [6.07, 6.45) is 0. The molecule has 164 valence electrons. The van der Waals surface area contributed by atoms with Gasteiger partial charge in [-0.05, 0) is 54.6 Å². The Labute approximate surface area is 185 Å². The fraction of sp³-hybridized carbons (Fsp3) is 0.100. The normalized spacial score (nSPS) is 11.6. The number of hydrogen-bond donors (Lipinski definition) is 2. The van der Waals surface area contributed by atoms with E-state index in [-0.39, 0.29) is 26.9 Å². The van der Waals surface area contributed by atoms with Gasteiger partial charge in [0.1, 0.15) is 11.5 Å². The van der Waals surface area contributed by atoms with Gasteiger partial charge in [-0.2, -0.15) is 0 Å². The van der Waals surface area contributed by atoms with E-state index in [1.54, 1.807) is 24.3 Å². The lowest BCUT2D eigenvalue weighted by Gasteiger charge is -2.15. The number of hydrogen-bond acceptors (Lipinski definition) is 6. The lowest BCUT2D eigenvalue weighted by Crippen LogP contribution is -2.16. The van der Waals surface area contributed by atoms with E-state index >= 15 is 0 Å². The third kappa shape index (κ3) is 5.22. The van der Waals surface area contributed by atoms with Crippen LogP contribution in [0.5, 0.6) is 11.5 Å². The molecule has 0 aliphatic carbocycles. The molecule has 3 aromatic carbocycles. The van der Waals surface area contributed by atoms with Crippen molar-refractivity contribution in [2.45, 2.75) is 9.79 Å². The van der Waals surface area contributed by atoms with Gasteiger partial charge in [-0.25, -0.2) is 16.8 Å². The minimum atomic E-state index is -4.06. The Balaban J connectivity index is 1.97. The molecule has 0 atom stereocenters. The molecule has 0 spiro atoms. The maximum atomic E-state index is 12.9. The molecule has 2 N–H and O–H groups in total. The summed E-state index contributed by atoms with van der Waals surface area (Å²) in [6, 6.07) is 15.9. The summed E-state index contributed by atoms with van der Waals surface area (Å²) >= 11 is 5.81. The molecular formula is C20H19ClN2O6S2. The molecule has 0 unspecified atom stereocenters. The second kappa shape index (κ2) is 9.04. The molecule has 0 fully saturated rings. The zero-order valence-corrected chi connectivity index (χ0v) is 18.9. The van der Waals surface area contributed by atoms with Crippen LogP contribution in [0, 0.1) is 0 Å². The van der Waals surface area contributed by atoms with Crippen molar-refractivity contribution in [1.29, 1.82) is 0 Å². The van der Waals surface area contributed by atoms with Gasteiger partial charge in [0.2, 0.25) is 0 Å². The molecular weight excluding hydrogens is 464 g/mol. The zero-order valence-electron chi connectivity index (χ0n) is 16.5. The van der Waals surface area contributed by atoms with Crippen molar-refractivity contribution in [2.75, 3.05) is 23.7 Å². The Hall–Kier alpha value is -2.95. The van der Waals surface area contributed by atoms with Gasteiger partial charge >= 0.3 is 0 Å². The predicted molar refractivity (Wildman–Crippen MR) is 119 cm³/mol. The Morgan fingerprint density at radius 3 is 1.84 bits per heavy atom. The second-order valence-electron chi connectivity index (χ2n) is 6.23. The fourth-order valence-electron chi connectivity index (χ4n) is 2.68. The van der Waals surface area contributed by atoms with Gasteiger partial charge in [0.25, 0.3) is 20.0 Å². The van der Waals surface area contributed by atoms with Gasteiger partial charge in [-0.3, -0.25) is 9.44 Å². The van der Waals surface area contributed by atoms with Crippen LogP contribution >= 0.6 is 11.6 Å². The number of sulfonamides is 2. The van der Waals surface area contributed by atoms with E-state index in [2.05, 4.69) is 9.44 Å². The lowest BCUT2D eigenvalue weighted by atomic mass is 10.3. The maximum Gasteiger partial charge on any atom is 0.262 e. The Kier molecular flexibility index (Phi) is 6.63. The number of anilines is 2.